The fourth-order valence-corrected chi connectivity index (χ4v) is 6.69. The number of hydrogen-bond acceptors (Lipinski definition) is 6. The van der Waals surface area contributed by atoms with Crippen LogP contribution in [0, 0.1) is 11.8 Å². The third kappa shape index (κ3) is 8.84. The number of amides is 4. The van der Waals surface area contributed by atoms with E-state index in [1.807, 2.05) is 32.0 Å². The van der Waals surface area contributed by atoms with Gasteiger partial charge in [-0.15, -0.1) is 0 Å². The summed E-state index contributed by atoms with van der Waals surface area (Å²) in [6.07, 6.45) is 4.04. The highest BCUT2D eigenvalue weighted by Crippen LogP contribution is 2.45. The Labute approximate surface area is 285 Å². The number of benzene rings is 2. The molecule has 0 aromatic heterocycles. The number of nitrogens with zero attached hydrogens (tertiary/aromatic N) is 1. The third-order valence-electron chi connectivity index (χ3n) is 9.30. The second kappa shape index (κ2) is 15.1. The lowest BCUT2D eigenvalue weighted by molar-refractivity contribution is -0.141. The van der Waals surface area contributed by atoms with Gasteiger partial charge in [0.05, 0.1) is 6.04 Å². The first-order valence-electron chi connectivity index (χ1n) is 16.4. The van der Waals surface area contributed by atoms with Crippen molar-refractivity contribution >= 4 is 52.8 Å². The summed E-state index contributed by atoms with van der Waals surface area (Å²) in [5.74, 6) is -2.72. The third-order valence-corrected chi connectivity index (χ3v) is 9.79. The van der Waals surface area contributed by atoms with Gasteiger partial charge in [-0.3, -0.25) is 24.1 Å². The van der Waals surface area contributed by atoms with Gasteiger partial charge in [0, 0.05) is 40.5 Å². The largest absolute Gasteiger partial charge is 0.415 e. The highest BCUT2D eigenvalue weighted by Gasteiger charge is 2.45. The van der Waals surface area contributed by atoms with Gasteiger partial charge >= 0.3 is 6.09 Å². The highest BCUT2D eigenvalue weighted by molar-refractivity contribution is 6.38. The molecule has 1 aliphatic heterocycles. The van der Waals surface area contributed by atoms with E-state index in [0.717, 1.165) is 37.7 Å². The summed E-state index contributed by atoms with van der Waals surface area (Å²) in [7, 11) is 0. The van der Waals surface area contributed by atoms with Crippen LogP contribution in [-0.2, 0) is 24.6 Å². The molecule has 12 heteroatoms. The molecule has 10 nitrogen and oxygen atoms in total. The number of nitrogens with one attached hydrogen (secondary N) is 3. The van der Waals surface area contributed by atoms with E-state index in [4.69, 9.17) is 27.9 Å². The Morgan fingerprint density at radius 1 is 1.02 bits per heavy atom. The summed E-state index contributed by atoms with van der Waals surface area (Å²) in [5, 5.41) is 9.31. The van der Waals surface area contributed by atoms with E-state index in [2.05, 4.69) is 16.0 Å². The number of hydrogen-bond donors (Lipinski definition) is 3. The van der Waals surface area contributed by atoms with Gasteiger partial charge in [-0.25, -0.2) is 4.79 Å². The van der Waals surface area contributed by atoms with E-state index in [1.165, 1.54) is 4.90 Å². The van der Waals surface area contributed by atoms with Gasteiger partial charge in [-0.05, 0) is 92.8 Å². The van der Waals surface area contributed by atoms with Crippen molar-refractivity contribution in [3.8, 4) is 5.75 Å². The Morgan fingerprint density at radius 3 is 2.32 bits per heavy atom. The maximum absolute atomic E-state index is 14.3. The van der Waals surface area contributed by atoms with E-state index in [0.29, 0.717) is 23.0 Å². The van der Waals surface area contributed by atoms with Gasteiger partial charge in [0.1, 0.15) is 11.8 Å². The summed E-state index contributed by atoms with van der Waals surface area (Å²) in [6, 6.07) is 11.5. The first kappa shape index (κ1) is 34.7. The van der Waals surface area contributed by atoms with Crippen molar-refractivity contribution in [1.29, 1.82) is 0 Å². The number of ketones is 1. The summed E-state index contributed by atoms with van der Waals surface area (Å²) in [5.41, 5.74) is 0.488. The van der Waals surface area contributed by atoms with Crippen molar-refractivity contribution < 1.29 is 28.7 Å². The normalized spacial score (nSPS) is 19.6. The molecule has 2 aliphatic carbocycles. The van der Waals surface area contributed by atoms with Crippen molar-refractivity contribution in [2.45, 2.75) is 88.8 Å². The first-order valence-corrected chi connectivity index (χ1v) is 17.1. The van der Waals surface area contributed by atoms with E-state index < -0.39 is 47.1 Å². The Morgan fingerprint density at radius 2 is 1.74 bits per heavy atom. The SMILES string of the molecule is CC(C)CC(C(=O)NC(CC1CCNC1=O)C(=O)C(=O)NC1CC1)N(CC1(c2cccc(Cl)c2)CCC1)C(=O)Oc1ccc(Cl)cc1. The Bertz CT molecular complexity index is 1490. The van der Waals surface area contributed by atoms with Crippen molar-refractivity contribution in [2.24, 2.45) is 11.8 Å². The quantitative estimate of drug-likeness (QED) is 0.235. The monoisotopic (exact) mass is 684 g/mol. The number of carbonyl (C=O) groups is 5. The van der Waals surface area contributed by atoms with Crippen LogP contribution in [0.1, 0.15) is 70.8 Å². The summed E-state index contributed by atoms with van der Waals surface area (Å²) in [6.45, 7) is 4.50. The molecule has 2 aromatic carbocycles. The molecule has 47 heavy (non-hydrogen) atoms. The predicted molar refractivity (Wildman–Crippen MR) is 178 cm³/mol. The minimum atomic E-state index is -1.25. The minimum Gasteiger partial charge on any atom is -0.410 e. The number of ether oxygens (including phenoxy) is 1. The van der Waals surface area contributed by atoms with E-state index in [9.17, 15) is 24.0 Å². The maximum Gasteiger partial charge on any atom is 0.415 e. The van der Waals surface area contributed by atoms with Crippen molar-refractivity contribution in [3.05, 3.63) is 64.1 Å². The van der Waals surface area contributed by atoms with Crippen LogP contribution in [-0.4, -0.2) is 65.7 Å². The Hall–Kier alpha value is -3.63. The van der Waals surface area contributed by atoms with Crippen LogP contribution in [0.5, 0.6) is 5.75 Å². The van der Waals surface area contributed by atoms with Crippen LogP contribution < -0.4 is 20.7 Å². The molecule has 3 fully saturated rings. The van der Waals surface area contributed by atoms with Crippen LogP contribution in [0.3, 0.4) is 0 Å². The second-order valence-electron chi connectivity index (χ2n) is 13.4. The van der Waals surface area contributed by atoms with Crippen LogP contribution in [0.4, 0.5) is 4.79 Å². The fourth-order valence-electron chi connectivity index (χ4n) is 6.37. The molecule has 3 aliphatic rings. The molecule has 3 unspecified atom stereocenters. The van der Waals surface area contributed by atoms with E-state index >= 15 is 0 Å². The van der Waals surface area contributed by atoms with Gasteiger partial charge < -0.3 is 20.7 Å². The molecule has 3 N–H and O–H groups in total. The van der Waals surface area contributed by atoms with Crippen LogP contribution in [0.25, 0.3) is 0 Å². The lowest BCUT2D eigenvalue weighted by Gasteiger charge is -2.47. The second-order valence-corrected chi connectivity index (χ2v) is 14.3. The van der Waals surface area contributed by atoms with Crippen molar-refractivity contribution in [1.82, 2.24) is 20.9 Å². The van der Waals surface area contributed by atoms with Crippen molar-refractivity contribution in [2.75, 3.05) is 13.1 Å². The number of rotatable bonds is 14. The number of Topliss-reactive ketones (excluding diaryl/α,β-unsaturated/α-hetero) is 1. The molecule has 5 rings (SSSR count). The fraction of sp³-hybridized carbons (Fsp3) is 0.514. The lowest BCUT2D eigenvalue weighted by Crippen LogP contribution is -2.59. The smallest absolute Gasteiger partial charge is 0.410 e. The molecule has 1 heterocycles. The molecule has 2 saturated carbocycles. The summed E-state index contributed by atoms with van der Waals surface area (Å²) >= 11 is 12.4. The molecule has 0 radical (unpaired) electrons. The number of halogens is 2. The number of carbonyl (C=O) groups excluding carboxylic acids is 5. The molecule has 3 atom stereocenters. The standard InChI is InChI=1S/C35H42Cl2N4O6/c1-21(2)17-29(32(44)40-28(18-22-13-16-38-31(22)43)30(42)33(45)39-26-9-10-26)41(34(46)47-27-11-7-24(36)8-12-27)20-35(14-4-15-35)23-5-3-6-25(37)19-23/h3,5-8,11-12,19,21-22,26,28-29H,4,9-10,13-18,20H2,1-2H3,(H,38,43)(H,39,45)(H,40,44). The van der Waals surface area contributed by atoms with Crippen LogP contribution >= 0.6 is 23.2 Å². The Kier molecular flexibility index (Phi) is 11.1. The van der Waals surface area contributed by atoms with E-state index in [-0.39, 0.29) is 43.0 Å². The van der Waals surface area contributed by atoms with Crippen LogP contribution in [0.2, 0.25) is 10.0 Å². The average molecular weight is 686 g/mol. The van der Waals surface area contributed by atoms with Gasteiger partial charge in [0.15, 0.2) is 0 Å². The molecular formula is C35H42Cl2N4O6. The molecular weight excluding hydrogens is 643 g/mol. The first-order chi connectivity index (χ1) is 22.4. The molecule has 4 amide bonds. The summed E-state index contributed by atoms with van der Waals surface area (Å²) in [4.78, 5) is 68.7. The Balaban J connectivity index is 1.46. The maximum atomic E-state index is 14.3. The average Bonchev–Trinajstić information content (AvgIpc) is 3.74. The molecule has 0 bridgehead atoms. The zero-order valence-electron chi connectivity index (χ0n) is 26.7. The van der Waals surface area contributed by atoms with Crippen molar-refractivity contribution in [3.63, 3.8) is 0 Å². The highest BCUT2D eigenvalue weighted by atomic mass is 35.5. The zero-order chi connectivity index (χ0) is 33.7. The van der Waals surface area contributed by atoms with Gasteiger partial charge in [-0.2, -0.15) is 0 Å². The van der Waals surface area contributed by atoms with E-state index in [1.54, 1.807) is 30.3 Å². The molecule has 0 spiro atoms. The molecule has 252 valence electrons. The van der Waals surface area contributed by atoms with Gasteiger partial charge in [-0.1, -0.05) is 55.6 Å². The van der Waals surface area contributed by atoms with Gasteiger partial charge in [0.25, 0.3) is 5.91 Å². The lowest BCUT2D eigenvalue weighted by atomic mass is 9.64. The van der Waals surface area contributed by atoms with Crippen LogP contribution in [0.15, 0.2) is 48.5 Å². The van der Waals surface area contributed by atoms with Gasteiger partial charge in [0.2, 0.25) is 17.6 Å². The summed E-state index contributed by atoms with van der Waals surface area (Å²) < 4.78 is 5.82. The molecule has 1 saturated heterocycles. The predicted octanol–water partition coefficient (Wildman–Crippen LogP) is 5.19. The molecule has 2 aromatic rings. The topological polar surface area (TPSA) is 134 Å². The minimum absolute atomic E-state index is 0.0232. The zero-order valence-corrected chi connectivity index (χ0v) is 28.2.